The fourth-order valence-electron chi connectivity index (χ4n) is 3.61. The van der Waals surface area contributed by atoms with E-state index in [1.165, 1.54) is 23.1 Å². The Kier molecular flexibility index (Phi) is 6.61. The van der Waals surface area contributed by atoms with Crippen molar-refractivity contribution in [2.24, 2.45) is 0 Å². The fourth-order valence-corrected chi connectivity index (χ4v) is 3.61. The number of nitrogens with zero attached hydrogens (tertiary/aromatic N) is 1. The molecule has 30 heavy (non-hydrogen) atoms. The van der Waals surface area contributed by atoms with Gasteiger partial charge in [0.1, 0.15) is 11.6 Å². The molecular formula is C23H21FNO5-. The molecule has 2 aromatic rings. The number of carbonyl (C=O) groups is 3. The molecule has 0 radical (unpaired) electrons. The van der Waals surface area contributed by atoms with E-state index in [2.05, 4.69) is 0 Å². The summed E-state index contributed by atoms with van der Waals surface area (Å²) >= 11 is 0. The Balaban J connectivity index is 1.96. The third-order valence-electron chi connectivity index (χ3n) is 5.03. The van der Waals surface area contributed by atoms with Crippen LogP contribution in [0.15, 0.2) is 60.2 Å². The summed E-state index contributed by atoms with van der Waals surface area (Å²) in [7, 11) is 0. The number of hydrogen-bond donors (Lipinski definition) is 1. The molecule has 156 valence electrons. The Morgan fingerprint density at radius 2 is 1.77 bits per heavy atom. The van der Waals surface area contributed by atoms with Crippen LogP contribution in [-0.2, 0) is 14.4 Å². The van der Waals surface area contributed by atoms with Crippen LogP contribution in [0, 0.1) is 5.82 Å². The highest BCUT2D eigenvalue weighted by Crippen LogP contribution is 2.39. The van der Waals surface area contributed by atoms with Crippen molar-refractivity contribution in [1.29, 1.82) is 0 Å². The molecule has 1 heterocycles. The predicted octanol–water partition coefficient (Wildman–Crippen LogP) is 2.56. The molecule has 0 bridgehead atoms. The zero-order chi connectivity index (χ0) is 21.7. The van der Waals surface area contributed by atoms with Gasteiger partial charge in [0.15, 0.2) is 0 Å². The summed E-state index contributed by atoms with van der Waals surface area (Å²) < 4.78 is 13.9. The number of carboxylic acids is 1. The van der Waals surface area contributed by atoms with Crippen LogP contribution in [0.4, 0.5) is 4.39 Å². The summed E-state index contributed by atoms with van der Waals surface area (Å²) in [6.07, 6.45) is 1.28. The minimum Gasteiger partial charge on any atom is -0.550 e. The lowest BCUT2D eigenvalue weighted by atomic mass is 9.95. The van der Waals surface area contributed by atoms with Gasteiger partial charge in [-0.2, -0.15) is 0 Å². The fraction of sp³-hybridized carbons (Fsp3) is 0.261. The van der Waals surface area contributed by atoms with Crippen molar-refractivity contribution in [2.75, 3.05) is 6.54 Å². The van der Waals surface area contributed by atoms with E-state index in [9.17, 15) is 29.0 Å². The van der Waals surface area contributed by atoms with Crippen molar-refractivity contribution in [3.63, 3.8) is 0 Å². The highest BCUT2D eigenvalue weighted by molar-refractivity contribution is 6.46. The molecule has 0 aromatic heterocycles. The number of carboxylic acid groups (broad SMARTS) is 1. The van der Waals surface area contributed by atoms with Crippen LogP contribution in [0.3, 0.4) is 0 Å². The van der Waals surface area contributed by atoms with Gasteiger partial charge in [-0.15, -0.1) is 0 Å². The Hall–Kier alpha value is -3.48. The maximum absolute atomic E-state index is 13.9. The first-order valence-electron chi connectivity index (χ1n) is 9.69. The van der Waals surface area contributed by atoms with Crippen molar-refractivity contribution in [3.05, 3.63) is 77.1 Å². The molecule has 2 aromatic carbocycles. The van der Waals surface area contributed by atoms with E-state index in [0.717, 1.165) is 0 Å². The van der Waals surface area contributed by atoms with Crippen LogP contribution in [0.1, 0.15) is 42.9 Å². The van der Waals surface area contributed by atoms with Crippen molar-refractivity contribution in [2.45, 2.75) is 31.7 Å². The zero-order valence-electron chi connectivity index (χ0n) is 16.2. The van der Waals surface area contributed by atoms with Crippen molar-refractivity contribution in [3.8, 4) is 0 Å². The predicted molar refractivity (Wildman–Crippen MR) is 105 cm³/mol. The monoisotopic (exact) mass is 410 g/mol. The van der Waals surface area contributed by atoms with Crippen LogP contribution in [0.2, 0.25) is 0 Å². The largest absolute Gasteiger partial charge is 0.550 e. The highest BCUT2D eigenvalue weighted by Gasteiger charge is 2.45. The molecule has 0 spiro atoms. The molecule has 7 heteroatoms. The summed E-state index contributed by atoms with van der Waals surface area (Å²) in [6.45, 7) is 0.171. The molecule has 0 unspecified atom stereocenters. The lowest BCUT2D eigenvalue weighted by Gasteiger charge is -2.25. The first-order valence-corrected chi connectivity index (χ1v) is 9.69. The number of aliphatic hydroxyl groups excluding tert-OH is 1. The lowest BCUT2D eigenvalue weighted by Crippen LogP contribution is -2.30. The molecule has 1 fully saturated rings. The zero-order valence-corrected chi connectivity index (χ0v) is 16.2. The SMILES string of the molecule is O=C([O-])CCCCCN1C(=O)C(=O)C(=C(O)c2ccccc2)[C@@H]1c1cccc(F)c1. The molecule has 1 saturated heterocycles. The summed E-state index contributed by atoms with van der Waals surface area (Å²) in [6, 6.07) is 13.0. The maximum Gasteiger partial charge on any atom is 0.295 e. The molecule has 6 nitrogen and oxygen atoms in total. The molecule has 1 aliphatic heterocycles. The van der Waals surface area contributed by atoms with Crippen LogP contribution < -0.4 is 5.11 Å². The Labute approximate surface area is 173 Å². The number of halogens is 1. The number of Topliss-reactive ketones (excluding diaryl/α,β-unsaturated/α-hetero) is 1. The van der Waals surface area contributed by atoms with E-state index < -0.39 is 29.5 Å². The van der Waals surface area contributed by atoms with E-state index in [0.29, 0.717) is 30.4 Å². The number of ketones is 1. The van der Waals surface area contributed by atoms with E-state index in [-0.39, 0.29) is 24.3 Å². The standard InChI is InChI=1S/C23H22FNO5/c24-17-11-7-10-16(14-17)20-19(21(28)15-8-3-1-4-9-15)22(29)23(30)25(20)13-6-2-5-12-18(26)27/h1,3-4,7-11,14,20,28H,2,5-6,12-13H2,(H,26,27)/p-1/t20-/m0/s1. The van der Waals surface area contributed by atoms with Gasteiger partial charge in [-0.25, -0.2) is 4.39 Å². The van der Waals surface area contributed by atoms with Crippen LogP contribution in [-0.4, -0.2) is 34.2 Å². The molecular weight excluding hydrogens is 389 g/mol. The smallest absolute Gasteiger partial charge is 0.295 e. The summed E-state index contributed by atoms with van der Waals surface area (Å²) in [5.74, 6) is -3.59. The molecule has 0 saturated carbocycles. The Morgan fingerprint density at radius 1 is 1.03 bits per heavy atom. The van der Waals surface area contributed by atoms with Gasteiger partial charge in [0, 0.05) is 18.1 Å². The van der Waals surface area contributed by atoms with Gasteiger partial charge in [0.05, 0.1) is 11.6 Å². The second-order valence-electron chi connectivity index (χ2n) is 7.10. The van der Waals surface area contributed by atoms with Crippen molar-refractivity contribution >= 4 is 23.4 Å². The molecule has 1 N–H and O–H groups in total. The molecule has 1 atom stereocenters. The second kappa shape index (κ2) is 9.35. The van der Waals surface area contributed by atoms with E-state index in [4.69, 9.17) is 0 Å². The van der Waals surface area contributed by atoms with Gasteiger partial charge in [-0.1, -0.05) is 48.9 Å². The summed E-state index contributed by atoms with van der Waals surface area (Å²) in [5, 5.41) is 21.4. The average Bonchev–Trinajstić information content (AvgIpc) is 2.98. The maximum atomic E-state index is 13.9. The van der Waals surface area contributed by atoms with E-state index in [1.807, 2.05) is 0 Å². The lowest BCUT2D eigenvalue weighted by molar-refractivity contribution is -0.305. The first kappa shape index (κ1) is 21.2. The van der Waals surface area contributed by atoms with Crippen LogP contribution in [0.5, 0.6) is 0 Å². The van der Waals surface area contributed by atoms with Gasteiger partial charge in [0.2, 0.25) is 0 Å². The number of unbranched alkanes of at least 4 members (excludes halogenated alkanes) is 2. The number of hydrogen-bond acceptors (Lipinski definition) is 5. The molecule has 1 amide bonds. The summed E-state index contributed by atoms with van der Waals surface area (Å²) in [4.78, 5) is 37.4. The number of benzene rings is 2. The van der Waals surface area contributed by atoms with Crippen molar-refractivity contribution < 1.29 is 29.0 Å². The van der Waals surface area contributed by atoms with Gasteiger partial charge in [-0.05, 0) is 37.0 Å². The average molecular weight is 410 g/mol. The molecule has 3 rings (SSSR count). The number of amides is 1. The number of likely N-dealkylation sites (tertiary alicyclic amines) is 1. The normalized spacial score (nSPS) is 18.0. The highest BCUT2D eigenvalue weighted by atomic mass is 19.1. The van der Waals surface area contributed by atoms with Gasteiger partial charge in [0.25, 0.3) is 11.7 Å². The van der Waals surface area contributed by atoms with E-state index >= 15 is 0 Å². The van der Waals surface area contributed by atoms with Crippen LogP contribution >= 0.6 is 0 Å². The number of carbonyl (C=O) groups excluding carboxylic acids is 3. The van der Waals surface area contributed by atoms with Gasteiger partial charge in [-0.3, -0.25) is 9.59 Å². The second-order valence-corrected chi connectivity index (χ2v) is 7.10. The Bertz CT molecular complexity index is 986. The first-order chi connectivity index (χ1) is 14.4. The third-order valence-corrected chi connectivity index (χ3v) is 5.03. The van der Waals surface area contributed by atoms with Crippen LogP contribution in [0.25, 0.3) is 5.76 Å². The minimum absolute atomic E-state index is 0.0832. The van der Waals surface area contributed by atoms with Gasteiger partial charge >= 0.3 is 0 Å². The number of aliphatic hydroxyl groups is 1. The Morgan fingerprint density at radius 3 is 2.43 bits per heavy atom. The quantitative estimate of drug-likeness (QED) is 0.312. The van der Waals surface area contributed by atoms with Gasteiger partial charge < -0.3 is 19.9 Å². The number of aliphatic carboxylic acids is 1. The number of rotatable bonds is 8. The van der Waals surface area contributed by atoms with E-state index in [1.54, 1.807) is 36.4 Å². The minimum atomic E-state index is -1.14. The summed E-state index contributed by atoms with van der Waals surface area (Å²) in [5.41, 5.74) is 0.666. The third kappa shape index (κ3) is 4.56. The van der Waals surface area contributed by atoms with Crippen molar-refractivity contribution in [1.82, 2.24) is 4.90 Å². The molecule has 1 aliphatic rings. The topological polar surface area (TPSA) is 97.7 Å². The molecule has 0 aliphatic carbocycles.